The summed E-state index contributed by atoms with van der Waals surface area (Å²) in [5.41, 5.74) is 0.364. The van der Waals surface area contributed by atoms with Crippen molar-refractivity contribution in [1.29, 1.82) is 0 Å². The lowest BCUT2D eigenvalue weighted by molar-refractivity contribution is -0.139. The van der Waals surface area contributed by atoms with Gasteiger partial charge in [0.25, 0.3) is 5.91 Å². The van der Waals surface area contributed by atoms with Gasteiger partial charge in [0.2, 0.25) is 10.0 Å². The van der Waals surface area contributed by atoms with Crippen LogP contribution in [0.3, 0.4) is 0 Å². The van der Waals surface area contributed by atoms with Crippen LogP contribution < -0.4 is 10.0 Å². The number of hydrogen-bond donors (Lipinski definition) is 5. The number of amides is 1. The number of sulfonamides is 1. The third kappa shape index (κ3) is 8.53. The summed E-state index contributed by atoms with van der Waals surface area (Å²) in [6, 6.07) is 11.5. The van der Waals surface area contributed by atoms with Crippen molar-refractivity contribution in [3.63, 3.8) is 0 Å². The Balaban J connectivity index is 1.60. The molecule has 1 amide bonds. The van der Waals surface area contributed by atoms with Crippen molar-refractivity contribution >= 4 is 68.4 Å². The standard InChI is InChI=1S/C25H23ClN2O9S3/c26-18-4-2-1-3-14(18)12-38-13-21(30)19(10-23(31)32)28-24(33)22-8-5-15(39-22)11-27-40(36,37)16-6-7-17(25(34)35)20(29)9-16/h1-9,19,27,29H,10-13H2,(H,28,33)(H,31,32)(H,34,35). The zero-order chi connectivity index (χ0) is 29.4. The van der Waals surface area contributed by atoms with E-state index in [0.29, 0.717) is 15.7 Å². The first-order valence-electron chi connectivity index (χ1n) is 11.4. The van der Waals surface area contributed by atoms with Gasteiger partial charge < -0.3 is 20.6 Å². The van der Waals surface area contributed by atoms with Gasteiger partial charge >= 0.3 is 11.9 Å². The van der Waals surface area contributed by atoms with Gasteiger partial charge in [0.15, 0.2) is 5.78 Å². The Bertz CT molecular complexity index is 1540. The second-order valence-electron chi connectivity index (χ2n) is 8.25. The van der Waals surface area contributed by atoms with E-state index in [1.165, 1.54) is 23.9 Å². The molecule has 2 aromatic carbocycles. The molecule has 0 saturated heterocycles. The van der Waals surface area contributed by atoms with Gasteiger partial charge in [-0.2, -0.15) is 0 Å². The largest absolute Gasteiger partial charge is 0.507 e. The number of aliphatic carboxylic acids is 1. The first-order chi connectivity index (χ1) is 18.9. The Morgan fingerprint density at radius 2 is 1.75 bits per heavy atom. The van der Waals surface area contributed by atoms with E-state index in [1.807, 2.05) is 6.07 Å². The quantitative estimate of drug-likeness (QED) is 0.177. The van der Waals surface area contributed by atoms with Gasteiger partial charge in [-0.1, -0.05) is 29.8 Å². The van der Waals surface area contributed by atoms with Crippen LogP contribution in [0.15, 0.2) is 59.5 Å². The first-order valence-corrected chi connectivity index (χ1v) is 15.2. The van der Waals surface area contributed by atoms with Gasteiger partial charge in [-0.25, -0.2) is 17.9 Å². The number of carboxylic acids is 2. The van der Waals surface area contributed by atoms with E-state index >= 15 is 0 Å². The average Bonchev–Trinajstić information content (AvgIpc) is 3.37. The van der Waals surface area contributed by atoms with Crippen molar-refractivity contribution in [1.82, 2.24) is 10.0 Å². The van der Waals surface area contributed by atoms with Crippen molar-refractivity contribution < 1.29 is 42.9 Å². The summed E-state index contributed by atoms with van der Waals surface area (Å²) in [5, 5.41) is 30.9. The zero-order valence-corrected chi connectivity index (χ0v) is 23.7. The highest BCUT2D eigenvalue weighted by Crippen LogP contribution is 2.24. The molecule has 0 aliphatic carbocycles. The Labute approximate surface area is 242 Å². The summed E-state index contributed by atoms with van der Waals surface area (Å²) in [5.74, 6) is -4.19. The van der Waals surface area contributed by atoms with Crippen molar-refractivity contribution in [3.8, 4) is 5.75 Å². The summed E-state index contributed by atoms with van der Waals surface area (Å²) >= 11 is 8.28. The van der Waals surface area contributed by atoms with Crippen LogP contribution in [-0.2, 0) is 31.9 Å². The number of hydrogen-bond acceptors (Lipinski definition) is 9. The number of nitrogens with one attached hydrogen (secondary N) is 2. The van der Waals surface area contributed by atoms with Gasteiger partial charge in [-0.05, 0) is 35.9 Å². The van der Waals surface area contributed by atoms with E-state index in [0.717, 1.165) is 35.1 Å². The van der Waals surface area contributed by atoms with Crippen LogP contribution in [0, 0.1) is 0 Å². The molecule has 1 atom stereocenters. The number of phenols is 1. The molecule has 11 nitrogen and oxygen atoms in total. The van der Waals surface area contributed by atoms with Crippen LogP contribution in [0.5, 0.6) is 5.75 Å². The van der Waals surface area contributed by atoms with Gasteiger partial charge in [-0.3, -0.25) is 14.4 Å². The van der Waals surface area contributed by atoms with E-state index in [2.05, 4.69) is 10.0 Å². The number of carbonyl (C=O) groups excluding carboxylic acids is 2. The summed E-state index contributed by atoms with van der Waals surface area (Å²) in [4.78, 5) is 48.0. The number of carboxylic acid groups (broad SMARTS) is 2. The minimum atomic E-state index is -4.13. The lowest BCUT2D eigenvalue weighted by Gasteiger charge is -2.15. The molecular weight excluding hydrogens is 604 g/mol. The van der Waals surface area contributed by atoms with Gasteiger partial charge in [-0.15, -0.1) is 23.1 Å². The van der Waals surface area contributed by atoms with E-state index in [-0.39, 0.29) is 22.1 Å². The number of aromatic hydroxyl groups is 1. The number of carbonyl (C=O) groups is 4. The Morgan fingerprint density at radius 3 is 2.40 bits per heavy atom. The summed E-state index contributed by atoms with van der Waals surface area (Å²) < 4.78 is 27.4. The Hall–Kier alpha value is -3.43. The molecule has 1 heterocycles. The maximum absolute atomic E-state index is 12.8. The van der Waals surface area contributed by atoms with Crippen LogP contribution in [0.4, 0.5) is 0 Å². The van der Waals surface area contributed by atoms with E-state index in [1.54, 1.807) is 18.2 Å². The second kappa shape index (κ2) is 13.8. The number of benzene rings is 2. The third-order valence-electron chi connectivity index (χ3n) is 5.36. The molecule has 0 radical (unpaired) electrons. The highest BCUT2D eigenvalue weighted by atomic mass is 35.5. The monoisotopic (exact) mass is 626 g/mol. The molecule has 0 fully saturated rings. The number of thioether (sulfide) groups is 1. The maximum Gasteiger partial charge on any atom is 0.339 e. The topological polar surface area (TPSA) is 187 Å². The smallest absolute Gasteiger partial charge is 0.339 e. The molecule has 0 bridgehead atoms. The lowest BCUT2D eigenvalue weighted by atomic mass is 10.1. The van der Waals surface area contributed by atoms with Gasteiger partial charge in [0.05, 0.1) is 28.0 Å². The molecule has 0 saturated carbocycles. The highest BCUT2D eigenvalue weighted by Gasteiger charge is 2.25. The van der Waals surface area contributed by atoms with E-state index < -0.39 is 57.4 Å². The molecule has 40 heavy (non-hydrogen) atoms. The molecule has 0 aliphatic heterocycles. The molecule has 0 spiro atoms. The molecule has 3 rings (SSSR count). The SMILES string of the molecule is O=C(O)CC(NC(=O)c1ccc(CNS(=O)(=O)c2ccc(C(=O)O)c(O)c2)s1)C(=O)CSCc1ccccc1Cl. The van der Waals surface area contributed by atoms with Crippen LogP contribution >= 0.6 is 34.7 Å². The molecule has 1 aromatic heterocycles. The number of halogens is 1. The normalized spacial score (nSPS) is 12.0. The number of ketones is 1. The third-order valence-corrected chi connectivity index (χ3v) is 9.22. The molecule has 5 N–H and O–H groups in total. The minimum Gasteiger partial charge on any atom is -0.507 e. The fourth-order valence-electron chi connectivity index (χ4n) is 3.33. The number of thiophene rings is 1. The van der Waals surface area contributed by atoms with Crippen molar-refractivity contribution in [2.45, 2.75) is 29.7 Å². The van der Waals surface area contributed by atoms with Crippen LogP contribution in [0.2, 0.25) is 5.02 Å². The fraction of sp³-hybridized carbons (Fsp3) is 0.200. The van der Waals surface area contributed by atoms with Crippen molar-refractivity contribution in [2.75, 3.05) is 5.75 Å². The maximum atomic E-state index is 12.8. The van der Waals surface area contributed by atoms with Crippen LogP contribution in [0.1, 0.15) is 36.9 Å². The first kappa shape index (κ1) is 31.1. The van der Waals surface area contributed by atoms with Crippen molar-refractivity contribution in [2.24, 2.45) is 0 Å². The molecular formula is C25H23ClN2O9S3. The minimum absolute atomic E-state index is 0.0517. The average molecular weight is 627 g/mol. The summed E-state index contributed by atoms with van der Waals surface area (Å²) in [6.45, 7) is -0.224. The molecule has 1 unspecified atom stereocenters. The molecule has 15 heteroatoms. The Kier molecular flexibility index (Phi) is 10.7. The summed E-state index contributed by atoms with van der Waals surface area (Å²) in [7, 11) is -4.13. The van der Waals surface area contributed by atoms with E-state index in [4.69, 9.17) is 16.7 Å². The summed E-state index contributed by atoms with van der Waals surface area (Å²) in [6.07, 6.45) is -0.608. The lowest BCUT2D eigenvalue weighted by Crippen LogP contribution is -2.43. The fourth-order valence-corrected chi connectivity index (χ4v) is 6.56. The highest BCUT2D eigenvalue weighted by molar-refractivity contribution is 7.99. The van der Waals surface area contributed by atoms with Crippen molar-refractivity contribution in [3.05, 3.63) is 80.5 Å². The van der Waals surface area contributed by atoms with Gasteiger partial charge in [0.1, 0.15) is 11.3 Å². The predicted molar refractivity (Wildman–Crippen MR) is 150 cm³/mol. The Morgan fingerprint density at radius 1 is 1.02 bits per heavy atom. The van der Waals surface area contributed by atoms with Crippen LogP contribution in [0.25, 0.3) is 0 Å². The van der Waals surface area contributed by atoms with Gasteiger partial charge in [0, 0.05) is 28.3 Å². The molecule has 0 aliphatic rings. The number of aromatic carboxylic acids is 1. The zero-order valence-electron chi connectivity index (χ0n) is 20.5. The van der Waals surface area contributed by atoms with E-state index in [9.17, 15) is 37.8 Å². The second-order valence-corrected chi connectivity index (χ2v) is 12.6. The predicted octanol–water partition coefficient (Wildman–Crippen LogP) is 3.36. The number of rotatable bonds is 14. The van der Waals surface area contributed by atoms with Crippen LogP contribution in [-0.4, -0.2) is 59.2 Å². The molecule has 3 aromatic rings. The number of Topliss-reactive ketones (excluding diaryl/α,β-unsaturated/α-hetero) is 1. The molecule has 212 valence electrons.